The molecule has 6 heteroatoms. The van der Waals surface area contributed by atoms with Crippen molar-refractivity contribution in [1.82, 2.24) is 9.97 Å². The maximum absolute atomic E-state index is 9.19. The summed E-state index contributed by atoms with van der Waals surface area (Å²) in [6, 6.07) is 17.0. The van der Waals surface area contributed by atoms with Crippen molar-refractivity contribution < 1.29 is 4.74 Å². The summed E-state index contributed by atoms with van der Waals surface area (Å²) in [4.78, 5) is 8.91. The number of hydrogen-bond donors (Lipinski definition) is 0. The van der Waals surface area contributed by atoms with Crippen molar-refractivity contribution in [3.05, 3.63) is 75.9 Å². The van der Waals surface area contributed by atoms with Gasteiger partial charge in [-0.1, -0.05) is 41.6 Å². The molecule has 4 nitrogen and oxygen atoms in total. The van der Waals surface area contributed by atoms with E-state index in [9.17, 15) is 5.26 Å². The van der Waals surface area contributed by atoms with Crippen LogP contribution in [0.4, 0.5) is 0 Å². The van der Waals surface area contributed by atoms with Crippen molar-refractivity contribution in [3.8, 4) is 17.7 Å². The summed E-state index contributed by atoms with van der Waals surface area (Å²) in [6.07, 6.45) is 0. The second-order valence-corrected chi connectivity index (χ2v) is 7.05. The third-order valence-corrected chi connectivity index (χ3v) is 4.98. The van der Waals surface area contributed by atoms with Crippen molar-refractivity contribution >= 4 is 23.4 Å². The molecule has 0 fully saturated rings. The highest BCUT2D eigenvalue weighted by molar-refractivity contribution is 7.98. The van der Waals surface area contributed by atoms with Crippen molar-refractivity contribution in [1.29, 1.82) is 5.26 Å². The van der Waals surface area contributed by atoms with Crippen LogP contribution in [0.2, 0.25) is 5.02 Å². The summed E-state index contributed by atoms with van der Waals surface area (Å²) in [5.74, 6) is 1.78. The van der Waals surface area contributed by atoms with E-state index >= 15 is 0 Å². The van der Waals surface area contributed by atoms with Gasteiger partial charge in [-0.2, -0.15) is 10.2 Å². The molecule has 0 bridgehead atoms. The Bertz CT molecular complexity index is 985. The largest absolute Gasteiger partial charge is 0.439 e. The molecule has 1 heterocycles. The molecular formula is C20H16ClN3OS. The van der Waals surface area contributed by atoms with E-state index in [1.807, 2.05) is 50.2 Å². The highest BCUT2D eigenvalue weighted by atomic mass is 35.5. The second-order valence-electron chi connectivity index (χ2n) is 5.70. The van der Waals surface area contributed by atoms with Crippen LogP contribution in [0.3, 0.4) is 0 Å². The highest BCUT2D eigenvalue weighted by Gasteiger charge is 2.08. The Morgan fingerprint density at radius 3 is 2.69 bits per heavy atom. The lowest BCUT2D eigenvalue weighted by Crippen LogP contribution is -1.96. The zero-order valence-electron chi connectivity index (χ0n) is 14.4. The first-order valence-corrected chi connectivity index (χ1v) is 9.32. The predicted molar refractivity (Wildman–Crippen MR) is 104 cm³/mol. The molecule has 0 aliphatic heterocycles. The van der Waals surface area contributed by atoms with Crippen molar-refractivity contribution in [2.75, 3.05) is 0 Å². The van der Waals surface area contributed by atoms with Gasteiger partial charge < -0.3 is 4.74 Å². The third-order valence-electron chi connectivity index (χ3n) is 3.66. The summed E-state index contributed by atoms with van der Waals surface area (Å²) in [7, 11) is 0. The van der Waals surface area contributed by atoms with E-state index in [1.165, 1.54) is 11.8 Å². The number of rotatable bonds is 5. The van der Waals surface area contributed by atoms with E-state index in [2.05, 4.69) is 16.0 Å². The lowest BCUT2D eigenvalue weighted by molar-refractivity contribution is 0.454. The van der Waals surface area contributed by atoms with Crippen LogP contribution in [-0.2, 0) is 5.75 Å². The van der Waals surface area contributed by atoms with E-state index in [4.69, 9.17) is 16.3 Å². The summed E-state index contributed by atoms with van der Waals surface area (Å²) >= 11 is 7.52. The topological polar surface area (TPSA) is 58.8 Å². The van der Waals surface area contributed by atoms with E-state index in [1.54, 1.807) is 12.1 Å². The molecule has 0 saturated carbocycles. The van der Waals surface area contributed by atoms with E-state index in [0.29, 0.717) is 33.1 Å². The number of halogens is 1. The zero-order chi connectivity index (χ0) is 18.5. The van der Waals surface area contributed by atoms with E-state index in [-0.39, 0.29) is 0 Å². The summed E-state index contributed by atoms with van der Waals surface area (Å²) < 4.78 is 5.86. The Kier molecular flexibility index (Phi) is 5.77. The van der Waals surface area contributed by atoms with Crippen LogP contribution in [0.1, 0.15) is 22.4 Å². The molecule has 0 atom stereocenters. The normalized spacial score (nSPS) is 10.4. The van der Waals surface area contributed by atoms with Gasteiger partial charge in [-0.25, -0.2) is 4.98 Å². The molecule has 0 radical (unpaired) electrons. The molecule has 0 aliphatic carbocycles. The van der Waals surface area contributed by atoms with Crippen LogP contribution in [0.15, 0.2) is 53.7 Å². The van der Waals surface area contributed by atoms with Crippen LogP contribution in [0, 0.1) is 25.2 Å². The lowest BCUT2D eigenvalue weighted by atomic mass is 10.1. The van der Waals surface area contributed by atoms with Crippen LogP contribution >= 0.6 is 23.4 Å². The molecule has 0 saturated heterocycles. The van der Waals surface area contributed by atoms with Crippen LogP contribution in [-0.4, -0.2) is 9.97 Å². The molecular weight excluding hydrogens is 366 g/mol. The minimum atomic E-state index is 0.482. The fourth-order valence-corrected chi connectivity index (χ4v) is 3.35. The van der Waals surface area contributed by atoms with Gasteiger partial charge in [0, 0.05) is 22.5 Å². The Labute approximate surface area is 161 Å². The van der Waals surface area contributed by atoms with Gasteiger partial charge in [0.25, 0.3) is 0 Å². The fraction of sp³-hybridized carbons (Fsp3) is 0.150. The Hall–Kier alpha value is -2.55. The average molecular weight is 382 g/mol. The Morgan fingerprint density at radius 2 is 1.92 bits per heavy atom. The fourth-order valence-electron chi connectivity index (χ4n) is 2.33. The predicted octanol–water partition coefficient (Wildman–Crippen LogP) is 5.70. The number of thioether (sulfide) groups is 1. The van der Waals surface area contributed by atoms with Crippen LogP contribution in [0.5, 0.6) is 11.6 Å². The van der Waals surface area contributed by atoms with Crippen molar-refractivity contribution in [3.63, 3.8) is 0 Å². The lowest BCUT2D eigenvalue weighted by Gasteiger charge is -2.09. The second kappa shape index (κ2) is 8.22. The SMILES string of the molecule is Cc1cc(Oc2ccc(Cl)c(C)c2)nc(SCc2ccccc2C#N)n1. The summed E-state index contributed by atoms with van der Waals surface area (Å²) in [5, 5.41) is 10.5. The first-order chi connectivity index (χ1) is 12.5. The van der Waals surface area contributed by atoms with Crippen molar-refractivity contribution in [2.45, 2.75) is 24.8 Å². The number of benzene rings is 2. The van der Waals surface area contributed by atoms with Gasteiger partial charge in [0.15, 0.2) is 5.16 Å². The minimum absolute atomic E-state index is 0.482. The molecule has 0 amide bonds. The quantitative estimate of drug-likeness (QED) is 0.419. The van der Waals surface area contributed by atoms with E-state index < -0.39 is 0 Å². The molecule has 1 aromatic heterocycles. The van der Waals surface area contributed by atoms with E-state index in [0.717, 1.165) is 16.8 Å². The molecule has 3 rings (SSSR count). The molecule has 130 valence electrons. The molecule has 3 aromatic rings. The van der Waals surface area contributed by atoms with Gasteiger partial charge >= 0.3 is 0 Å². The first-order valence-electron chi connectivity index (χ1n) is 7.95. The number of aryl methyl sites for hydroxylation is 2. The highest BCUT2D eigenvalue weighted by Crippen LogP contribution is 2.28. The van der Waals surface area contributed by atoms with Gasteiger partial charge in [0.05, 0.1) is 11.6 Å². The van der Waals surface area contributed by atoms with Crippen molar-refractivity contribution in [2.24, 2.45) is 0 Å². The average Bonchev–Trinajstić information content (AvgIpc) is 2.63. The van der Waals surface area contributed by atoms with Crippen LogP contribution < -0.4 is 4.74 Å². The number of nitriles is 1. The van der Waals surface area contributed by atoms with Gasteiger partial charge in [0.2, 0.25) is 5.88 Å². The third kappa shape index (κ3) is 4.54. The standard InChI is InChI=1S/C20H16ClN3OS/c1-13-9-17(7-8-18(13)21)25-19-10-14(2)23-20(24-19)26-12-16-6-4-3-5-15(16)11-22/h3-10H,12H2,1-2H3. The number of hydrogen-bond acceptors (Lipinski definition) is 5. The van der Waals surface area contributed by atoms with Gasteiger partial charge in [-0.3, -0.25) is 0 Å². The number of ether oxygens (including phenoxy) is 1. The molecule has 0 aliphatic rings. The van der Waals surface area contributed by atoms with Crippen LogP contribution in [0.25, 0.3) is 0 Å². The number of nitrogens with zero attached hydrogens (tertiary/aromatic N) is 3. The van der Waals surface area contributed by atoms with Gasteiger partial charge in [0.1, 0.15) is 5.75 Å². The molecule has 2 aromatic carbocycles. The van der Waals surface area contributed by atoms with Gasteiger partial charge in [-0.15, -0.1) is 0 Å². The minimum Gasteiger partial charge on any atom is -0.439 e. The maximum atomic E-state index is 9.19. The molecule has 0 unspecified atom stereocenters. The smallest absolute Gasteiger partial charge is 0.223 e. The Morgan fingerprint density at radius 1 is 1.12 bits per heavy atom. The summed E-state index contributed by atoms with van der Waals surface area (Å²) in [5.41, 5.74) is 3.39. The zero-order valence-corrected chi connectivity index (χ0v) is 15.9. The maximum Gasteiger partial charge on any atom is 0.223 e. The molecule has 26 heavy (non-hydrogen) atoms. The van der Waals surface area contributed by atoms with Gasteiger partial charge in [-0.05, 0) is 49.2 Å². The molecule has 0 spiro atoms. The Balaban J connectivity index is 1.77. The monoisotopic (exact) mass is 381 g/mol. The molecule has 0 N–H and O–H groups in total. The first kappa shape index (κ1) is 18.2. The summed E-state index contributed by atoms with van der Waals surface area (Å²) in [6.45, 7) is 3.82. The number of aromatic nitrogens is 2.